The van der Waals surface area contributed by atoms with Crippen LogP contribution in [0.1, 0.15) is 24.2 Å². The molecular formula is C18H19N3O4. The minimum absolute atomic E-state index is 0.186. The van der Waals surface area contributed by atoms with Crippen LogP contribution in [0.5, 0.6) is 17.2 Å². The molecule has 1 aliphatic heterocycles. The standard InChI is InChI=1S/C18H19N3O4/c1-4-16-19-5-6-21(16)9-13-11(2)25-18(20-13)12-7-14(22-3)17-15(8-12)23-10-24-17/h5-8H,4,9-10H2,1-3H3. The number of methoxy groups -OCH3 is 1. The summed E-state index contributed by atoms with van der Waals surface area (Å²) in [6, 6.07) is 3.70. The number of benzene rings is 1. The minimum Gasteiger partial charge on any atom is -0.493 e. The number of nitrogens with zero attached hydrogens (tertiary/aromatic N) is 3. The molecule has 0 saturated carbocycles. The normalized spacial score (nSPS) is 12.6. The minimum atomic E-state index is 0.186. The van der Waals surface area contributed by atoms with Crippen molar-refractivity contribution in [3.05, 3.63) is 41.8 Å². The SMILES string of the molecule is CCc1nccn1Cc1nc(-c2cc(OC)c3c(c2)OCO3)oc1C. The van der Waals surface area contributed by atoms with Gasteiger partial charge in [-0.3, -0.25) is 0 Å². The first-order valence-electron chi connectivity index (χ1n) is 8.14. The van der Waals surface area contributed by atoms with E-state index in [1.165, 1.54) is 0 Å². The van der Waals surface area contributed by atoms with Crippen molar-refractivity contribution in [1.29, 1.82) is 0 Å². The fourth-order valence-electron chi connectivity index (χ4n) is 2.91. The summed E-state index contributed by atoms with van der Waals surface area (Å²) in [6.45, 7) is 4.81. The van der Waals surface area contributed by atoms with Gasteiger partial charge in [0.25, 0.3) is 0 Å². The third-order valence-electron chi connectivity index (χ3n) is 4.24. The number of oxazole rings is 1. The smallest absolute Gasteiger partial charge is 0.231 e. The van der Waals surface area contributed by atoms with E-state index >= 15 is 0 Å². The highest BCUT2D eigenvalue weighted by molar-refractivity contribution is 5.66. The zero-order valence-corrected chi connectivity index (χ0v) is 14.4. The number of fused-ring (bicyclic) bond motifs is 1. The van der Waals surface area contributed by atoms with Crippen molar-refractivity contribution >= 4 is 0 Å². The molecule has 130 valence electrons. The van der Waals surface area contributed by atoms with Crippen LogP contribution in [0.4, 0.5) is 0 Å². The van der Waals surface area contributed by atoms with Crippen molar-refractivity contribution in [2.45, 2.75) is 26.8 Å². The molecule has 0 fully saturated rings. The van der Waals surface area contributed by atoms with E-state index in [0.717, 1.165) is 29.3 Å². The van der Waals surface area contributed by atoms with E-state index in [0.29, 0.717) is 29.7 Å². The third kappa shape index (κ3) is 2.71. The summed E-state index contributed by atoms with van der Waals surface area (Å²) >= 11 is 0. The molecule has 0 amide bonds. The topological polar surface area (TPSA) is 71.5 Å². The summed E-state index contributed by atoms with van der Waals surface area (Å²) in [5.74, 6) is 4.18. The molecule has 0 radical (unpaired) electrons. The molecule has 3 heterocycles. The van der Waals surface area contributed by atoms with Crippen molar-refractivity contribution in [3.8, 4) is 28.7 Å². The van der Waals surface area contributed by atoms with Gasteiger partial charge >= 0.3 is 0 Å². The zero-order chi connectivity index (χ0) is 17.4. The van der Waals surface area contributed by atoms with E-state index in [2.05, 4.69) is 21.5 Å². The second-order valence-corrected chi connectivity index (χ2v) is 5.76. The summed E-state index contributed by atoms with van der Waals surface area (Å²) in [7, 11) is 1.60. The maximum Gasteiger partial charge on any atom is 0.231 e. The largest absolute Gasteiger partial charge is 0.493 e. The Morgan fingerprint density at radius 3 is 2.96 bits per heavy atom. The van der Waals surface area contributed by atoms with Crippen LogP contribution in [-0.2, 0) is 13.0 Å². The predicted molar refractivity (Wildman–Crippen MR) is 90.1 cm³/mol. The molecule has 0 spiro atoms. The Kier molecular flexibility index (Phi) is 3.83. The van der Waals surface area contributed by atoms with E-state index in [-0.39, 0.29) is 6.79 Å². The number of ether oxygens (including phenoxy) is 3. The maximum atomic E-state index is 5.89. The lowest BCUT2D eigenvalue weighted by molar-refractivity contribution is 0.171. The van der Waals surface area contributed by atoms with Crippen molar-refractivity contribution in [1.82, 2.24) is 14.5 Å². The molecule has 2 aromatic heterocycles. The van der Waals surface area contributed by atoms with Crippen molar-refractivity contribution in [3.63, 3.8) is 0 Å². The van der Waals surface area contributed by atoms with Gasteiger partial charge in [0.1, 0.15) is 17.3 Å². The molecule has 7 nitrogen and oxygen atoms in total. The van der Waals surface area contributed by atoms with Gasteiger partial charge in [0.15, 0.2) is 11.5 Å². The van der Waals surface area contributed by atoms with Crippen LogP contribution < -0.4 is 14.2 Å². The van der Waals surface area contributed by atoms with E-state index in [1.54, 1.807) is 13.3 Å². The Morgan fingerprint density at radius 1 is 1.28 bits per heavy atom. The van der Waals surface area contributed by atoms with Gasteiger partial charge in [-0.1, -0.05) is 6.92 Å². The molecule has 0 aliphatic carbocycles. The number of hydrogen-bond acceptors (Lipinski definition) is 6. The second kappa shape index (κ2) is 6.16. The summed E-state index contributed by atoms with van der Waals surface area (Å²) < 4.78 is 24.2. The summed E-state index contributed by atoms with van der Waals surface area (Å²) in [5, 5.41) is 0. The Labute approximate surface area is 145 Å². The predicted octanol–water partition coefficient (Wildman–Crippen LogP) is 3.19. The van der Waals surface area contributed by atoms with E-state index in [1.807, 2.05) is 25.3 Å². The number of aromatic nitrogens is 3. The van der Waals surface area contributed by atoms with Gasteiger partial charge in [0.2, 0.25) is 18.4 Å². The molecule has 4 rings (SSSR count). The lowest BCUT2D eigenvalue weighted by atomic mass is 10.2. The first-order chi connectivity index (χ1) is 12.2. The quantitative estimate of drug-likeness (QED) is 0.710. The average molecular weight is 341 g/mol. The highest BCUT2D eigenvalue weighted by Crippen LogP contribution is 2.44. The Hall–Kier alpha value is -2.96. The molecule has 0 unspecified atom stereocenters. The number of aryl methyl sites for hydroxylation is 2. The lowest BCUT2D eigenvalue weighted by Gasteiger charge is -2.06. The Bertz CT molecular complexity index is 913. The number of imidazole rings is 1. The van der Waals surface area contributed by atoms with Gasteiger partial charge in [-0.2, -0.15) is 0 Å². The highest BCUT2D eigenvalue weighted by Gasteiger charge is 2.23. The second-order valence-electron chi connectivity index (χ2n) is 5.76. The van der Waals surface area contributed by atoms with Crippen LogP contribution in [0, 0.1) is 6.92 Å². The first kappa shape index (κ1) is 15.6. The van der Waals surface area contributed by atoms with Crippen LogP contribution in [0.25, 0.3) is 11.5 Å². The van der Waals surface area contributed by atoms with E-state index < -0.39 is 0 Å². The summed E-state index contributed by atoms with van der Waals surface area (Å²) in [4.78, 5) is 9.01. The van der Waals surface area contributed by atoms with Crippen molar-refractivity contribution in [2.75, 3.05) is 13.9 Å². The van der Waals surface area contributed by atoms with Crippen molar-refractivity contribution < 1.29 is 18.6 Å². The molecule has 3 aromatic rings. The molecule has 7 heteroatoms. The molecule has 1 aromatic carbocycles. The van der Waals surface area contributed by atoms with Gasteiger partial charge in [-0.15, -0.1) is 0 Å². The fourth-order valence-corrected chi connectivity index (χ4v) is 2.91. The lowest BCUT2D eigenvalue weighted by Crippen LogP contribution is -2.04. The third-order valence-corrected chi connectivity index (χ3v) is 4.24. The summed E-state index contributed by atoms with van der Waals surface area (Å²) in [5.41, 5.74) is 1.66. The number of rotatable bonds is 5. The van der Waals surface area contributed by atoms with Crippen LogP contribution >= 0.6 is 0 Å². The van der Waals surface area contributed by atoms with Crippen LogP contribution in [0.3, 0.4) is 0 Å². The fraction of sp³-hybridized carbons (Fsp3) is 0.333. The molecule has 0 bridgehead atoms. The Balaban J connectivity index is 1.69. The molecule has 25 heavy (non-hydrogen) atoms. The van der Waals surface area contributed by atoms with Crippen LogP contribution in [-0.4, -0.2) is 28.4 Å². The van der Waals surface area contributed by atoms with Crippen molar-refractivity contribution in [2.24, 2.45) is 0 Å². The Morgan fingerprint density at radius 2 is 2.16 bits per heavy atom. The molecular weight excluding hydrogens is 322 g/mol. The molecule has 1 aliphatic rings. The number of hydrogen-bond donors (Lipinski definition) is 0. The van der Waals surface area contributed by atoms with Gasteiger partial charge in [-0.05, 0) is 19.1 Å². The van der Waals surface area contributed by atoms with Gasteiger partial charge in [-0.25, -0.2) is 9.97 Å². The highest BCUT2D eigenvalue weighted by atomic mass is 16.7. The van der Waals surface area contributed by atoms with E-state index in [4.69, 9.17) is 18.6 Å². The average Bonchev–Trinajstić information content (AvgIpc) is 3.34. The molecule has 0 atom stereocenters. The van der Waals surface area contributed by atoms with E-state index in [9.17, 15) is 0 Å². The maximum absolute atomic E-state index is 5.89. The first-order valence-corrected chi connectivity index (χ1v) is 8.14. The molecule has 0 N–H and O–H groups in total. The van der Waals surface area contributed by atoms with Gasteiger partial charge < -0.3 is 23.2 Å². The van der Waals surface area contributed by atoms with Crippen LogP contribution in [0.2, 0.25) is 0 Å². The van der Waals surface area contributed by atoms with Crippen LogP contribution in [0.15, 0.2) is 28.9 Å². The van der Waals surface area contributed by atoms with Gasteiger partial charge in [0, 0.05) is 24.4 Å². The summed E-state index contributed by atoms with van der Waals surface area (Å²) in [6.07, 6.45) is 4.63. The zero-order valence-electron chi connectivity index (χ0n) is 14.4. The molecule has 0 saturated heterocycles. The van der Waals surface area contributed by atoms with Gasteiger partial charge in [0.05, 0.1) is 13.7 Å². The monoisotopic (exact) mass is 341 g/mol.